The van der Waals surface area contributed by atoms with Crippen molar-refractivity contribution in [2.24, 2.45) is 0 Å². The fraction of sp³-hybridized carbons (Fsp3) is 0.714. The number of nitrogen functional groups attached to an aromatic ring is 1. The summed E-state index contributed by atoms with van der Waals surface area (Å²) in [6.07, 6.45) is 4.22. The van der Waals surface area contributed by atoms with Crippen LogP contribution in [0.15, 0.2) is 0 Å². The molecule has 1 aromatic heterocycles. The summed E-state index contributed by atoms with van der Waals surface area (Å²) < 4.78 is 10.7. The molecule has 0 amide bonds. The van der Waals surface area contributed by atoms with Crippen molar-refractivity contribution >= 4 is 11.5 Å². The summed E-state index contributed by atoms with van der Waals surface area (Å²) in [5.74, 6) is 1.65. The zero-order valence-electron chi connectivity index (χ0n) is 12.7. The Kier molecular flexibility index (Phi) is 7.72. The van der Waals surface area contributed by atoms with Crippen molar-refractivity contribution in [3.05, 3.63) is 5.82 Å². The van der Waals surface area contributed by atoms with Gasteiger partial charge in [-0.25, -0.2) is 4.98 Å². The minimum absolute atomic E-state index is 0.340. The standard InChI is InChI=1S/C14H26N4O2/c1-4-6-8-16-13-12(15)14(20-9-7-5-2)18-11(17-13)10-19-3/h4-10,15H2,1-3H3,(H,16,17,18). The highest BCUT2D eigenvalue weighted by molar-refractivity contribution is 5.66. The molecule has 0 bridgehead atoms. The smallest absolute Gasteiger partial charge is 0.242 e. The molecule has 114 valence electrons. The van der Waals surface area contributed by atoms with E-state index in [1.807, 2.05) is 0 Å². The molecule has 0 unspecified atom stereocenters. The molecule has 0 aromatic carbocycles. The number of unbranched alkanes of at least 4 members (excludes halogenated alkanes) is 2. The zero-order chi connectivity index (χ0) is 14.8. The van der Waals surface area contributed by atoms with E-state index in [0.717, 1.165) is 32.2 Å². The average molecular weight is 282 g/mol. The van der Waals surface area contributed by atoms with Crippen molar-refractivity contribution in [2.45, 2.75) is 46.1 Å². The Hall–Kier alpha value is -1.56. The number of methoxy groups -OCH3 is 1. The molecule has 3 N–H and O–H groups in total. The molecule has 0 aliphatic carbocycles. The Morgan fingerprint density at radius 3 is 2.55 bits per heavy atom. The third kappa shape index (κ3) is 5.21. The lowest BCUT2D eigenvalue weighted by Gasteiger charge is -2.13. The monoisotopic (exact) mass is 282 g/mol. The van der Waals surface area contributed by atoms with Crippen LogP contribution in [-0.2, 0) is 11.3 Å². The Bertz CT molecular complexity index is 368. The number of nitrogens with zero attached hydrogens (tertiary/aromatic N) is 2. The van der Waals surface area contributed by atoms with E-state index in [2.05, 4.69) is 29.1 Å². The van der Waals surface area contributed by atoms with E-state index in [1.165, 1.54) is 0 Å². The largest absolute Gasteiger partial charge is 0.476 e. The van der Waals surface area contributed by atoms with E-state index < -0.39 is 0 Å². The molecule has 0 saturated heterocycles. The van der Waals surface area contributed by atoms with Crippen LogP contribution >= 0.6 is 0 Å². The number of nitrogens with two attached hydrogens (primary N) is 1. The maximum absolute atomic E-state index is 6.06. The lowest BCUT2D eigenvalue weighted by Crippen LogP contribution is -2.12. The molecule has 0 atom stereocenters. The fourth-order valence-electron chi connectivity index (χ4n) is 1.63. The van der Waals surface area contributed by atoms with Gasteiger partial charge in [0.2, 0.25) is 5.88 Å². The number of anilines is 2. The summed E-state index contributed by atoms with van der Waals surface area (Å²) in [5, 5.41) is 3.23. The van der Waals surface area contributed by atoms with E-state index >= 15 is 0 Å². The summed E-state index contributed by atoms with van der Waals surface area (Å²) in [4.78, 5) is 8.67. The third-order valence-corrected chi connectivity index (χ3v) is 2.79. The molecule has 0 fully saturated rings. The summed E-state index contributed by atoms with van der Waals surface area (Å²) >= 11 is 0. The van der Waals surface area contributed by atoms with Crippen LogP contribution in [0.5, 0.6) is 5.88 Å². The highest BCUT2D eigenvalue weighted by atomic mass is 16.5. The SMILES string of the molecule is CCCCNc1nc(COC)nc(OCCCC)c1N. The van der Waals surface area contributed by atoms with Gasteiger partial charge in [-0.1, -0.05) is 26.7 Å². The van der Waals surface area contributed by atoms with Gasteiger partial charge in [0.05, 0.1) is 6.61 Å². The van der Waals surface area contributed by atoms with Crippen LogP contribution < -0.4 is 15.8 Å². The highest BCUT2D eigenvalue weighted by Crippen LogP contribution is 2.26. The summed E-state index contributed by atoms with van der Waals surface area (Å²) in [6, 6.07) is 0. The molecule has 0 aliphatic heterocycles. The molecule has 0 radical (unpaired) electrons. The number of ether oxygens (including phenoxy) is 2. The van der Waals surface area contributed by atoms with Crippen LogP contribution in [0.1, 0.15) is 45.4 Å². The van der Waals surface area contributed by atoms with Crippen LogP contribution in [0.3, 0.4) is 0 Å². The maximum Gasteiger partial charge on any atom is 0.242 e. The van der Waals surface area contributed by atoms with Crippen molar-refractivity contribution in [1.29, 1.82) is 0 Å². The predicted molar refractivity (Wildman–Crippen MR) is 81.0 cm³/mol. The van der Waals surface area contributed by atoms with Crippen LogP contribution in [0, 0.1) is 0 Å². The molecule has 1 aromatic rings. The molecular weight excluding hydrogens is 256 g/mol. The van der Waals surface area contributed by atoms with Gasteiger partial charge in [-0.15, -0.1) is 0 Å². The predicted octanol–water partition coefficient (Wildman–Crippen LogP) is 2.60. The molecule has 6 heteroatoms. The second-order valence-corrected chi connectivity index (χ2v) is 4.62. The second kappa shape index (κ2) is 9.36. The van der Waals surface area contributed by atoms with Crippen LogP contribution in [0.4, 0.5) is 11.5 Å². The van der Waals surface area contributed by atoms with Gasteiger partial charge in [0.25, 0.3) is 0 Å². The third-order valence-electron chi connectivity index (χ3n) is 2.79. The summed E-state index contributed by atoms with van der Waals surface area (Å²) in [7, 11) is 1.61. The highest BCUT2D eigenvalue weighted by Gasteiger charge is 2.12. The van der Waals surface area contributed by atoms with Gasteiger partial charge in [0.1, 0.15) is 12.3 Å². The molecule has 1 heterocycles. The number of hydrogen-bond donors (Lipinski definition) is 2. The topological polar surface area (TPSA) is 82.3 Å². The Morgan fingerprint density at radius 2 is 1.90 bits per heavy atom. The van der Waals surface area contributed by atoms with Gasteiger partial charge in [-0.2, -0.15) is 4.98 Å². The van der Waals surface area contributed by atoms with Crippen molar-refractivity contribution < 1.29 is 9.47 Å². The van der Waals surface area contributed by atoms with E-state index in [0.29, 0.717) is 36.4 Å². The van der Waals surface area contributed by atoms with Crippen LogP contribution in [0.25, 0.3) is 0 Å². The van der Waals surface area contributed by atoms with Gasteiger partial charge < -0.3 is 20.5 Å². The Labute approximate surface area is 121 Å². The molecule has 20 heavy (non-hydrogen) atoms. The summed E-state index contributed by atoms with van der Waals surface area (Å²) in [5.41, 5.74) is 6.53. The zero-order valence-corrected chi connectivity index (χ0v) is 12.7. The van der Waals surface area contributed by atoms with Crippen molar-refractivity contribution in [2.75, 3.05) is 31.3 Å². The van der Waals surface area contributed by atoms with Gasteiger partial charge in [-0.05, 0) is 12.8 Å². The minimum Gasteiger partial charge on any atom is -0.476 e. The van der Waals surface area contributed by atoms with E-state index in [4.69, 9.17) is 15.2 Å². The van der Waals surface area contributed by atoms with Crippen LogP contribution in [-0.4, -0.2) is 30.2 Å². The number of aromatic nitrogens is 2. The first-order valence-electron chi connectivity index (χ1n) is 7.24. The minimum atomic E-state index is 0.340. The maximum atomic E-state index is 6.06. The first-order chi connectivity index (χ1) is 9.72. The van der Waals surface area contributed by atoms with Crippen molar-refractivity contribution in [3.63, 3.8) is 0 Å². The van der Waals surface area contributed by atoms with Crippen molar-refractivity contribution in [3.8, 4) is 5.88 Å². The van der Waals surface area contributed by atoms with E-state index in [1.54, 1.807) is 7.11 Å². The molecule has 1 rings (SSSR count). The average Bonchev–Trinajstić information content (AvgIpc) is 2.44. The Balaban J connectivity index is 2.83. The quantitative estimate of drug-likeness (QED) is 0.642. The molecule has 0 aliphatic rings. The van der Waals surface area contributed by atoms with Gasteiger partial charge in [0, 0.05) is 13.7 Å². The molecule has 6 nitrogen and oxygen atoms in total. The molecule has 0 saturated carbocycles. The fourth-order valence-corrected chi connectivity index (χ4v) is 1.63. The van der Waals surface area contributed by atoms with E-state index in [-0.39, 0.29) is 0 Å². The molecule has 0 spiro atoms. The Morgan fingerprint density at radius 1 is 1.15 bits per heavy atom. The van der Waals surface area contributed by atoms with Crippen LogP contribution in [0.2, 0.25) is 0 Å². The van der Waals surface area contributed by atoms with Crippen molar-refractivity contribution in [1.82, 2.24) is 9.97 Å². The van der Waals surface area contributed by atoms with Gasteiger partial charge in [0.15, 0.2) is 11.6 Å². The summed E-state index contributed by atoms with van der Waals surface area (Å²) in [6.45, 7) is 6.03. The molecular formula is C14H26N4O2. The normalized spacial score (nSPS) is 10.6. The lowest BCUT2D eigenvalue weighted by atomic mass is 10.3. The first-order valence-corrected chi connectivity index (χ1v) is 7.24. The van der Waals surface area contributed by atoms with Gasteiger partial charge in [-0.3, -0.25) is 0 Å². The number of hydrogen-bond acceptors (Lipinski definition) is 6. The second-order valence-electron chi connectivity index (χ2n) is 4.62. The first kappa shape index (κ1) is 16.5. The van der Waals surface area contributed by atoms with Gasteiger partial charge >= 0.3 is 0 Å². The number of nitrogens with one attached hydrogen (secondary N) is 1. The lowest BCUT2D eigenvalue weighted by molar-refractivity contribution is 0.176. The number of rotatable bonds is 10. The van der Waals surface area contributed by atoms with E-state index in [9.17, 15) is 0 Å².